The van der Waals surface area contributed by atoms with Gasteiger partial charge in [-0.3, -0.25) is 9.59 Å². The highest BCUT2D eigenvalue weighted by molar-refractivity contribution is 6.46. The van der Waals surface area contributed by atoms with Crippen molar-refractivity contribution in [3.8, 4) is 11.5 Å². The second-order valence-electron chi connectivity index (χ2n) is 8.36. The fourth-order valence-electron chi connectivity index (χ4n) is 4.37. The topological polar surface area (TPSA) is 85.3 Å². The molecule has 0 radical (unpaired) electrons. The van der Waals surface area contributed by atoms with Gasteiger partial charge in [0.15, 0.2) is 0 Å². The van der Waals surface area contributed by atoms with E-state index in [9.17, 15) is 14.7 Å². The lowest BCUT2D eigenvalue weighted by molar-refractivity contribution is -0.140. The zero-order chi connectivity index (χ0) is 23.5. The van der Waals surface area contributed by atoms with Crippen molar-refractivity contribution in [2.45, 2.75) is 38.8 Å². The highest BCUT2D eigenvalue weighted by Crippen LogP contribution is 2.41. The lowest BCUT2D eigenvalue weighted by Crippen LogP contribution is -2.32. The standard InChI is InChI=1S/C26H29NO6/c1-4-11-32-20-7-5-6-17(15-20)23-22(25(29)26(30)27(23)10-12-31-3)24(28)18-8-9-21-19(14-18)13-16(2)33-21/h5-9,14-16,23,28H,4,10-13H2,1-3H3/b24-22+/t16-,23-/m0/s1. The van der Waals surface area contributed by atoms with E-state index in [1.54, 1.807) is 19.2 Å². The summed E-state index contributed by atoms with van der Waals surface area (Å²) in [5.41, 5.74) is 2.21. The average Bonchev–Trinajstić information content (AvgIpc) is 3.31. The first-order chi connectivity index (χ1) is 15.9. The van der Waals surface area contributed by atoms with E-state index in [1.807, 2.05) is 44.2 Å². The molecule has 0 bridgehead atoms. The maximum atomic E-state index is 13.1. The van der Waals surface area contributed by atoms with Gasteiger partial charge in [0.1, 0.15) is 23.4 Å². The third kappa shape index (κ3) is 4.46. The fourth-order valence-corrected chi connectivity index (χ4v) is 4.37. The molecule has 1 fully saturated rings. The molecule has 2 aliphatic heterocycles. The number of carbonyl (C=O) groups is 2. The first kappa shape index (κ1) is 22.9. The summed E-state index contributed by atoms with van der Waals surface area (Å²) in [6.07, 6.45) is 1.64. The number of ketones is 1. The van der Waals surface area contributed by atoms with Crippen LogP contribution in [0.3, 0.4) is 0 Å². The number of nitrogens with zero attached hydrogens (tertiary/aromatic N) is 1. The average molecular weight is 452 g/mol. The normalized spacial score (nSPS) is 21.2. The van der Waals surface area contributed by atoms with Gasteiger partial charge in [-0.1, -0.05) is 19.1 Å². The SMILES string of the molecule is CCCOc1cccc([C@H]2/C(=C(\O)c3ccc4c(c3)C[C@H](C)O4)C(=O)C(=O)N2CCOC)c1. The van der Waals surface area contributed by atoms with Crippen molar-refractivity contribution < 1.29 is 28.9 Å². The Morgan fingerprint density at radius 3 is 2.76 bits per heavy atom. The number of benzene rings is 2. The van der Waals surface area contributed by atoms with Gasteiger partial charge >= 0.3 is 0 Å². The van der Waals surface area contributed by atoms with Crippen molar-refractivity contribution in [3.05, 3.63) is 64.7 Å². The first-order valence-corrected chi connectivity index (χ1v) is 11.2. The van der Waals surface area contributed by atoms with Crippen LogP contribution in [0.5, 0.6) is 11.5 Å². The first-order valence-electron chi connectivity index (χ1n) is 11.2. The number of likely N-dealkylation sites (tertiary alicyclic amines) is 1. The molecule has 2 heterocycles. The summed E-state index contributed by atoms with van der Waals surface area (Å²) < 4.78 is 16.7. The Morgan fingerprint density at radius 2 is 2.00 bits per heavy atom. The summed E-state index contributed by atoms with van der Waals surface area (Å²) in [7, 11) is 1.54. The van der Waals surface area contributed by atoms with Gasteiger partial charge in [0, 0.05) is 25.6 Å². The van der Waals surface area contributed by atoms with Gasteiger partial charge in [-0.2, -0.15) is 0 Å². The number of methoxy groups -OCH3 is 1. The van der Waals surface area contributed by atoms with E-state index >= 15 is 0 Å². The number of ether oxygens (including phenoxy) is 3. The van der Waals surface area contributed by atoms with Crippen LogP contribution in [0, 0.1) is 0 Å². The molecule has 2 aromatic carbocycles. The molecule has 33 heavy (non-hydrogen) atoms. The monoisotopic (exact) mass is 451 g/mol. The number of hydrogen-bond donors (Lipinski definition) is 1. The number of amides is 1. The van der Waals surface area contributed by atoms with E-state index in [0.717, 1.165) is 24.2 Å². The van der Waals surface area contributed by atoms with Gasteiger partial charge in [0.25, 0.3) is 11.7 Å². The Labute approximate surface area is 193 Å². The molecule has 0 aromatic heterocycles. The second kappa shape index (κ2) is 9.67. The third-order valence-corrected chi connectivity index (χ3v) is 5.89. The molecule has 2 aromatic rings. The molecule has 0 aliphatic carbocycles. The number of carbonyl (C=O) groups excluding carboxylic acids is 2. The minimum atomic E-state index is -0.742. The minimum Gasteiger partial charge on any atom is -0.507 e. The highest BCUT2D eigenvalue weighted by atomic mass is 16.5. The van der Waals surface area contributed by atoms with E-state index in [4.69, 9.17) is 14.2 Å². The molecule has 1 N–H and O–H groups in total. The summed E-state index contributed by atoms with van der Waals surface area (Å²) in [6.45, 7) is 5.05. The molecule has 1 saturated heterocycles. The van der Waals surface area contributed by atoms with E-state index in [1.165, 1.54) is 4.90 Å². The lowest BCUT2D eigenvalue weighted by Gasteiger charge is -2.25. The maximum Gasteiger partial charge on any atom is 0.295 e. The summed E-state index contributed by atoms with van der Waals surface area (Å²) in [6, 6.07) is 11.9. The molecule has 4 rings (SSSR count). The van der Waals surface area contributed by atoms with Crippen LogP contribution in [0.2, 0.25) is 0 Å². The van der Waals surface area contributed by atoms with Gasteiger partial charge in [-0.15, -0.1) is 0 Å². The molecule has 2 atom stereocenters. The van der Waals surface area contributed by atoms with Crippen LogP contribution >= 0.6 is 0 Å². The van der Waals surface area contributed by atoms with Crippen LogP contribution in [0.15, 0.2) is 48.0 Å². The molecule has 1 amide bonds. The van der Waals surface area contributed by atoms with Crippen molar-refractivity contribution in [2.24, 2.45) is 0 Å². The van der Waals surface area contributed by atoms with Crippen LogP contribution in [0.4, 0.5) is 0 Å². The Morgan fingerprint density at radius 1 is 1.18 bits per heavy atom. The predicted molar refractivity (Wildman–Crippen MR) is 123 cm³/mol. The van der Waals surface area contributed by atoms with Crippen molar-refractivity contribution in [2.75, 3.05) is 26.9 Å². The quantitative estimate of drug-likeness (QED) is 0.373. The van der Waals surface area contributed by atoms with Crippen LogP contribution in [0.1, 0.15) is 43.0 Å². The molecular weight excluding hydrogens is 422 g/mol. The van der Waals surface area contributed by atoms with Crippen LogP contribution in [0.25, 0.3) is 5.76 Å². The van der Waals surface area contributed by atoms with Gasteiger partial charge in [0.05, 0.1) is 24.8 Å². The molecule has 7 nitrogen and oxygen atoms in total. The Balaban J connectivity index is 1.80. The van der Waals surface area contributed by atoms with E-state index in [0.29, 0.717) is 23.5 Å². The molecule has 0 spiro atoms. The molecule has 2 aliphatic rings. The maximum absolute atomic E-state index is 13.1. The summed E-state index contributed by atoms with van der Waals surface area (Å²) in [4.78, 5) is 27.5. The Kier molecular flexibility index (Phi) is 6.70. The van der Waals surface area contributed by atoms with Crippen molar-refractivity contribution in [1.82, 2.24) is 4.90 Å². The number of Topliss-reactive ketones (excluding diaryl/α,β-unsaturated/α-hetero) is 1. The van der Waals surface area contributed by atoms with Gasteiger partial charge in [-0.25, -0.2) is 0 Å². The molecular formula is C26H29NO6. The predicted octanol–water partition coefficient (Wildman–Crippen LogP) is 3.87. The van der Waals surface area contributed by atoms with Crippen LogP contribution in [-0.4, -0.2) is 54.7 Å². The van der Waals surface area contributed by atoms with Crippen LogP contribution < -0.4 is 9.47 Å². The zero-order valence-electron chi connectivity index (χ0n) is 19.2. The Bertz CT molecular complexity index is 1090. The smallest absolute Gasteiger partial charge is 0.295 e. The number of aliphatic hydroxyl groups excluding tert-OH is 1. The van der Waals surface area contributed by atoms with E-state index in [-0.39, 0.29) is 30.6 Å². The zero-order valence-corrected chi connectivity index (χ0v) is 19.2. The van der Waals surface area contributed by atoms with E-state index in [2.05, 4.69) is 0 Å². The van der Waals surface area contributed by atoms with Crippen molar-refractivity contribution in [1.29, 1.82) is 0 Å². The van der Waals surface area contributed by atoms with E-state index < -0.39 is 17.7 Å². The number of rotatable bonds is 8. The number of aliphatic hydroxyl groups is 1. The lowest BCUT2D eigenvalue weighted by atomic mass is 9.94. The molecule has 174 valence electrons. The third-order valence-electron chi connectivity index (χ3n) is 5.89. The summed E-state index contributed by atoms with van der Waals surface area (Å²) in [5.74, 6) is -0.136. The minimum absolute atomic E-state index is 0.0582. The second-order valence-corrected chi connectivity index (χ2v) is 8.36. The Hall–Kier alpha value is -3.32. The van der Waals surface area contributed by atoms with Gasteiger partial charge in [-0.05, 0) is 54.8 Å². The number of hydrogen-bond acceptors (Lipinski definition) is 6. The summed E-state index contributed by atoms with van der Waals surface area (Å²) in [5, 5.41) is 11.3. The molecule has 7 heteroatoms. The van der Waals surface area contributed by atoms with Gasteiger partial charge < -0.3 is 24.2 Å². The van der Waals surface area contributed by atoms with Gasteiger partial charge in [0.2, 0.25) is 0 Å². The molecule has 0 unspecified atom stereocenters. The van der Waals surface area contributed by atoms with Crippen molar-refractivity contribution >= 4 is 17.4 Å². The molecule has 0 saturated carbocycles. The number of fused-ring (bicyclic) bond motifs is 1. The summed E-state index contributed by atoms with van der Waals surface area (Å²) >= 11 is 0. The highest BCUT2D eigenvalue weighted by Gasteiger charge is 2.46. The van der Waals surface area contributed by atoms with Crippen molar-refractivity contribution in [3.63, 3.8) is 0 Å². The van der Waals surface area contributed by atoms with Crippen LogP contribution in [-0.2, 0) is 20.7 Å². The largest absolute Gasteiger partial charge is 0.507 e. The fraction of sp³-hybridized carbons (Fsp3) is 0.385.